The average Bonchev–Trinajstić information content (AvgIpc) is 3.09. The van der Waals surface area contributed by atoms with Crippen LogP contribution in [-0.2, 0) is 9.53 Å². The van der Waals surface area contributed by atoms with Gasteiger partial charge in [-0.25, -0.2) is 0 Å². The molecule has 7 nitrogen and oxygen atoms in total. The molecule has 27 heavy (non-hydrogen) atoms. The topological polar surface area (TPSA) is 87.2 Å². The predicted octanol–water partition coefficient (Wildman–Crippen LogP) is 1.73. The number of carboxylic acids is 1. The molecule has 2 fully saturated rings. The largest absolute Gasteiger partial charge is 0.481 e. The molecule has 146 valence electrons. The van der Waals surface area contributed by atoms with Gasteiger partial charge in [0.1, 0.15) is 0 Å². The minimum absolute atomic E-state index is 0.0619. The predicted molar refractivity (Wildman–Crippen MR) is 98.6 cm³/mol. The Bertz CT molecular complexity index is 728. The zero-order valence-electron chi connectivity index (χ0n) is 15.8. The second-order valence-corrected chi connectivity index (χ2v) is 7.22. The summed E-state index contributed by atoms with van der Waals surface area (Å²) in [4.78, 5) is 40.5. The summed E-state index contributed by atoms with van der Waals surface area (Å²) in [6.07, 6.45) is 0.425. The molecule has 1 aromatic carbocycles. The lowest BCUT2D eigenvalue weighted by atomic mass is 9.74. The van der Waals surface area contributed by atoms with E-state index in [-0.39, 0.29) is 24.3 Å². The molecule has 0 saturated carbocycles. The quantitative estimate of drug-likeness (QED) is 0.848. The van der Waals surface area contributed by atoms with Crippen LogP contribution in [0, 0.1) is 11.3 Å². The van der Waals surface area contributed by atoms with Crippen molar-refractivity contribution in [2.75, 3.05) is 39.4 Å². The molecule has 2 saturated heterocycles. The number of ether oxygens (including phenoxy) is 1. The van der Waals surface area contributed by atoms with Crippen molar-refractivity contribution in [3.8, 4) is 0 Å². The van der Waals surface area contributed by atoms with Crippen LogP contribution in [0.3, 0.4) is 0 Å². The summed E-state index contributed by atoms with van der Waals surface area (Å²) in [5, 5.41) is 9.73. The summed E-state index contributed by atoms with van der Waals surface area (Å²) in [7, 11) is 0. The van der Waals surface area contributed by atoms with Gasteiger partial charge in [0.15, 0.2) is 0 Å². The molecule has 0 radical (unpaired) electrons. The summed E-state index contributed by atoms with van der Waals surface area (Å²) >= 11 is 0. The molecule has 0 unspecified atom stereocenters. The molecule has 0 aromatic heterocycles. The molecule has 3 rings (SSSR count). The first kappa shape index (κ1) is 19.4. The van der Waals surface area contributed by atoms with Crippen LogP contribution < -0.4 is 0 Å². The number of nitrogens with zero attached hydrogens (tertiary/aromatic N) is 2. The van der Waals surface area contributed by atoms with Crippen molar-refractivity contribution < 1.29 is 24.2 Å². The van der Waals surface area contributed by atoms with Crippen LogP contribution in [0.1, 0.15) is 41.0 Å². The fraction of sp³-hybridized carbons (Fsp3) is 0.550. The second-order valence-electron chi connectivity index (χ2n) is 7.22. The Kier molecular flexibility index (Phi) is 5.51. The lowest BCUT2D eigenvalue weighted by Gasteiger charge is -2.33. The van der Waals surface area contributed by atoms with Crippen molar-refractivity contribution >= 4 is 17.8 Å². The Hall–Kier alpha value is -2.41. The van der Waals surface area contributed by atoms with Gasteiger partial charge in [0.05, 0.1) is 12.0 Å². The SMILES string of the molecule is CCN(CC)C(=O)c1ccc(C(=O)N2C[C@H]3COCC[C@@]3(C(=O)O)C2)cc1. The van der Waals surface area contributed by atoms with E-state index in [1.54, 1.807) is 34.1 Å². The number of fused-ring (bicyclic) bond motifs is 1. The van der Waals surface area contributed by atoms with Crippen molar-refractivity contribution in [2.24, 2.45) is 11.3 Å². The summed E-state index contributed by atoms with van der Waals surface area (Å²) in [5.41, 5.74) is 0.0963. The smallest absolute Gasteiger partial charge is 0.311 e. The van der Waals surface area contributed by atoms with Gasteiger partial charge in [-0.2, -0.15) is 0 Å². The first-order valence-corrected chi connectivity index (χ1v) is 9.42. The number of rotatable bonds is 5. The van der Waals surface area contributed by atoms with Crippen molar-refractivity contribution in [1.82, 2.24) is 9.80 Å². The van der Waals surface area contributed by atoms with E-state index in [0.29, 0.717) is 50.4 Å². The molecule has 0 spiro atoms. The fourth-order valence-corrected chi connectivity index (χ4v) is 4.09. The molecule has 1 aromatic rings. The number of hydrogen-bond acceptors (Lipinski definition) is 4. The Labute approximate surface area is 158 Å². The minimum Gasteiger partial charge on any atom is -0.481 e. The standard InChI is InChI=1S/C20H26N2O5/c1-3-21(4-2)17(23)14-5-7-15(8-6-14)18(24)22-11-16-12-27-10-9-20(16,13-22)19(25)26/h5-8,16H,3-4,9-13H2,1-2H3,(H,25,26)/t16-,20+/m0/s1. The van der Waals surface area contributed by atoms with Crippen LogP contribution >= 0.6 is 0 Å². The third-order valence-corrected chi connectivity index (χ3v) is 5.85. The highest BCUT2D eigenvalue weighted by Gasteiger charge is 2.54. The highest BCUT2D eigenvalue weighted by molar-refractivity contribution is 5.98. The van der Waals surface area contributed by atoms with Crippen LogP contribution in [0.2, 0.25) is 0 Å². The van der Waals surface area contributed by atoms with Crippen LogP contribution in [0.25, 0.3) is 0 Å². The van der Waals surface area contributed by atoms with Crippen molar-refractivity contribution in [1.29, 1.82) is 0 Å². The summed E-state index contributed by atoms with van der Waals surface area (Å²) in [6, 6.07) is 6.61. The van der Waals surface area contributed by atoms with Crippen molar-refractivity contribution in [3.63, 3.8) is 0 Å². The third kappa shape index (κ3) is 3.43. The lowest BCUT2D eigenvalue weighted by molar-refractivity contribution is -0.157. The van der Waals surface area contributed by atoms with Crippen molar-refractivity contribution in [2.45, 2.75) is 20.3 Å². The van der Waals surface area contributed by atoms with E-state index in [0.717, 1.165) is 0 Å². The van der Waals surface area contributed by atoms with Gasteiger partial charge in [-0.3, -0.25) is 14.4 Å². The first-order chi connectivity index (χ1) is 12.9. The molecular weight excluding hydrogens is 348 g/mol. The maximum absolute atomic E-state index is 12.9. The normalized spacial score (nSPS) is 24.4. The lowest BCUT2D eigenvalue weighted by Crippen LogP contribution is -2.45. The van der Waals surface area contributed by atoms with Crippen molar-refractivity contribution in [3.05, 3.63) is 35.4 Å². The summed E-state index contributed by atoms with van der Waals surface area (Å²) < 4.78 is 5.43. The van der Waals surface area contributed by atoms with E-state index in [9.17, 15) is 19.5 Å². The molecule has 1 N–H and O–H groups in total. The number of aliphatic carboxylic acids is 1. The van der Waals surface area contributed by atoms with Gasteiger partial charge >= 0.3 is 5.97 Å². The number of benzene rings is 1. The maximum Gasteiger partial charge on any atom is 0.311 e. The number of amides is 2. The Balaban J connectivity index is 1.75. The second kappa shape index (κ2) is 7.68. The van der Waals surface area contributed by atoms with Gasteiger partial charge in [0.2, 0.25) is 0 Å². The van der Waals surface area contributed by atoms with Gasteiger partial charge in [0.25, 0.3) is 11.8 Å². The maximum atomic E-state index is 12.9. The van der Waals surface area contributed by atoms with E-state index in [1.807, 2.05) is 13.8 Å². The number of carbonyl (C=O) groups excluding carboxylic acids is 2. The van der Waals surface area contributed by atoms with E-state index in [4.69, 9.17) is 4.74 Å². The molecule has 7 heteroatoms. The van der Waals surface area contributed by atoms with Crippen LogP contribution in [0.15, 0.2) is 24.3 Å². The Morgan fingerprint density at radius 1 is 1.19 bits per heavy atom. The van der Waals surface area contributed by atoms with E-state index < -0.39 is 11.4 Å². The molecule has 2 aliphatic heterocycles. The number of carbonyl (C=O) groups is 3. The van der Waals surface area contributed by atoms with Gasteiger partial charge in [-0.15, -0.1) is 0 Å². The molecule has 2 atom stereocenters. The highest BCUT2D eigenvalue weighted by Crippen LogP contribution is 2.42. The highest BCUT2D eigenvalue weighted by atomic mass is 16.5. The molecule has 2 heterocycles. The Morgan fingerprint density at radius 2 is 1.81 bits per heavy atom. The number of hydrogen-bond donors (Lipinski definition) is 1. The zero-order chi connectivity index (χ0) is 19.6. The monoisotopic (exact) mass is 374 g/mol. The number of likely N-dealkylation sites (tertiary alicyclic amines) is 1. The van der Waals surface area contributed by atoms with E-state index >= 15 is 0 Å². The fourth-order valence-electron chi connectivity index (χ4n) is 4.09. The molecule has 2 aliphatic rings. The Morgan fingerprint density at radius 3 is 2.37 bits per heavy atom. The third-order valence-electron chi connectivity index (χ3n) is 5.85. The van der Waals surface area contributed by atoms with Crippen LogP contribution in [-0.4, -0.2) is 72.1 Å². The van der Waals surface area contributed by atoms with Gasteiger partial charge in [0, 0.05) is 49.8 Å². The van der Waals surface area contributed by atoms with Gasteiger partial charge in [-0.05, 0) is 44.5 Å². The van der Waals surface area contributed by atoms with E-state index in [2.05, 4.69) is 0 Å². The molecule has 2 amide bonds. The summed E-state index contributed by atoms with van der Waals surface area (Å²) in [6.45, 7) is 6.47. The summed E-state index contributed by atoms with van der Waals surface area (Å²) in [5.74, 6) is -1.30. The zero-order valence-corrected chi connectivity index (χ0v) is 15.8. The van der Waals surface area contributed by atoms with Crippen LogP contribution in [0.5, 0.6) is 0 Å². The minimum atomic E-state index is -0.910. The van der Waals surface area contributed by atoms with E-state index in [1.165, 1.54) is 0 Å². The molecular formula is C20H26N2O5. The van der Waals surface area contributed by atoms with Gasteiger partial charge < -0.3 is 19.6 Å². The molecule has 0 aliphatic carbocycles. The average molecular weight is 374 g/mol. The molecule has 0 bridgehead atoms. The van der Waals surface area contributed by atoms with Gasteiger partial charge in [-0.1, -0.05) is 0 Å². The van der Waals surface area contributed by atoms with Crippen LogP contribution in [0.4, 0.5) is 0 Å². The number of carboxylic acid groups (broad SMARTS) is 1. The first-order valence-electron chi connectivity index (χ1n) is 9.42.